The van der Waals surface area contributed by atoms with E-state index < -0.39 is 41.5 Å². The third kappa shape index (κ3) is 4.99. The second-order valence-electron chi connectivity index (χ2n) is 8.94. The fourth-order valence-electron chi connectivity index (χ4n) is 4.80. The molecule has 0 fully saturated rings. The Morgan fingerprint density at radius 3 is 1.61 bits per heavy atom. The molecule has 10 heteroatoms. The molecule has 0 aliphatic carbocycles. The highest BCUT2D eigenvalue weighted by Crippen LogP contribution is 2.49. The van der Waals surface area contributed by atoms with Crippen LogP contribution in [0.2, 0.25) is 0 Å². The van der Waals surface area contributed by atoms with Crippen molar-refractivity contribution in [2.75, 3.05) is 0 Å². The van der Waals surface area contributed by atoms with E-state index in [0.717, 1.165) is 0 Å². The van der Waals surface area contributed by atoms with Crippen molar-refractivity contribution in [3.05, 3.63) is 101 Å². The molecule has 38 heavy (non-hydrogen) atoms. The van der Waals surface area contributed by atoms with Gasteiger partial charge in [-0.3, -0.25) is 4.55 Å². The maximum Gasteiger partial charge on any atom is 0.419 e. The molecule has 0 aliphatic rings. The zero-order chi connectivity index (χ0) is 28.0. The van der Waals surface area contributed by atoms with Gasteiger partial charge in [0, 0.05) is 5.56 Å². The van der Waals surface area contributed by atoms with Crippen LogP contribution in [0.25, 0.3) is 22.3 Å². The standard InChI is InChI=1S/C28H23F3O5S2/c1-17-14-18(2)26(19(3)15-17)37(32,33)27-24(21-12-8-5-9-13-21)22(20-10-6-4-7-11-20)16-23(38(34,35)36)25(27)28(29,30)31/h4-16H,1-3H3,(H,34,35,36). The van der Waals surface area contributed by atoms with Crippen LogP contribution < -0.4 is 0 Å². The summed E-state index contributed by atoms with van der Waals surface area (Å²) >= 11 is 0. The molecule has 0 radical (unpaired) electrons. The minimum absolute atomic E-state index is 0.0987. The number of hydrogen-bond acceptors (Lipinski definition) is 4. The molecule has 4 rings (SSSR count). The van der Waals surface area contributed by atoms with Crippen molar-refractivity contribution in [3.8, 4) is 22.3 Å². The molecule has 0 spiro atoms. The quantitative estimate of drug-likeness (QED) is 0.265. The number of aryl methyl sites for hydroxylation is 3. The van der Waals surface area contributed by atoms with Crippen LogP contribution in [-0.2, 0) is 26.1 Å². The summed E-state index contributed by atoms with van der Waals surface area (Å²) in [6.45, 7) is 4.65. The maximum atomic E-state index is 14.7. The monoisotopic (exact) mass is 560 g/mol. The summed E-state index contributed by atoms with van der Waals surface area (Å²) in [4.78, 5) is -3.14. The molecule has 0 amide bonds. The Morgan fingerprint density at radius 1 is 0.684 bits per heavy atom. The van der Waals surface area contributed by atoms with Gasteiger partial charge in [0.15, 0.2) is 0 Å². The van der Waals surface area contributed by atoms with E-state index in [-0.39, 0.29) is 38.3 Å². The van der Waals surface area contributed by atoms with Gasteiger partial charge in [0.1, 0.15) is 4.90 Å². The van der Waals surface area contributed by atoms with Gasteiger partial charge >= 0.3 is 6.18 Å². The Bertz CT molecular complexity index is 1720. The minimum Gasteiger partial charge on any atom is -0.282 e. The molecule has 0 atom stereocenters. The summed E-state index contributed by atoms with van der Waals surface area (Å²) in [7, 11) is -10.5. The van der Waals surface area contributed by atoms with Crippen LogP contribution in [-0.4, -0.2) is 21.4 Å². The van der Waals surface area contributed by atoms with Gasteiger partial charge < -0.3 is 0 Å². The predicted molar refractivity (Wildman–Crippen MR) is 138 cm³/mol. The third-order valence-corrected chi connectivity index (χ3v) is 9.10. The number of benzene rings is 4. The van der Waals surface area contributed by atoms with E-state index >= 15 is 0 Å². The third-order valence-electron chi connectivity index (χ3n) is 6.10. The largest absolute Gasteiger partial charge is 0.419 e. The summed E-state index contributed by atoms with van der Waals surface area (Å²) in [6, 6.07) is 19.2. The van der Waals surface area contributed by atoms with Crippen molar-refractivity contribution >= 4 is 20.0 Å². The Balaban J connectivity index is 2.37. The number of hydrogen-bond donors (Lipinski definition) is 1. The van der Waals surface area contributed by atoms with Gasteiger partial charge in [-0.1, -0.05) is 78.4 Å². The van der Waals surface area contributed by atoms with Gasteiger partial charge in [0.05, 0.1) is 15.4 Å². The fourth-order valence-corrected chi connectivity index (χ4v) is 7.77. The van der Waals surface area contributed by atoms with Crippen molar-refractivity contribution in [2.45, 2.75) is 41.6 Å². The first kappa shape index (κ1) is 27.6. The Kier molecular flexibility index (Phi) is 7.02. The van der Waals surface area contributed by atoms with Crippen LogP contribution in [0.3, 0.4) is 0 Å². The van der Waals surface area contributed by atoms with Gasteiger partial charge in [0.25, 0.3) is 10.1 Å². The van der Waals surface area contributed by atoms with Crippen LogP contribution in [0.1, 0.15) is 22.3 Å². The lowest BCUT2D eigenvalue weighted by Gasteiger charge is -2.24. The van der Waals surface area contributed by atoms with Crippen LogP contribution in [0.5, 0.6) is 0 Å². The molecule has 0 aliphatic heterocycles. The molecular formula is C28H23F3O5S2. The smallest absolute Gasteiger partial charge is 0.282 e. The van der Waals surface area contributed by atoms with E-state index in [9.17, 15) is 34.6 Å². The van der Waals surface area contributed by atoms with Gasteiger partial charge in [-0.15, -0.1) is 0 Å². The molecule has 0 aromatic heterocycles. The second kappa shape index (κ2) is 9.68. The molecule has 198 valence electrons. The average Bonchev–Trinajstić information content (AvgIpc) is 2.81. The first-order chi connectivity index (χ1) is 17.6. The zero-order valence-corrected chi connectivity index (χ0v) is 22.2. The summed E-state index contributed by atoms with van der Waals surface area (Å²) in [5.41, 5.74) is -0.873. The van der Waals surface area contributed by atoms with Gasteiger partial charge in [-0.2, -0.15) is 21.6 Å². The highest BCUT2D eigenvalue weighted by molar-refractivity contribution is 7.92. The normalized spacial score (nSPS) is 12.5. The Labute approximate surface area is 219 Å². The number of alkyl halides is 3. The van der Waals surface area contributed by atoms with Crippen molar-refractivity contribution < 1.29 is 34.6 Å². The van der Waals surface area contributed by atoms with E-state index in [1.165, 1.54) is 62.4 Å². The SMILES string of the molecule is Cc1cc(C)c(S(=O)(=O)c2c(-c3ccccc3)c(-c3ccccc3)cc(S(=O)(=O)O)c2C(F)(F)F)c(C)c1. The highest BCUT2D eigenvalue weighted by Gasteiger charge is 2.46. The minimum atomic E-state index is -5.52. The fraction of sp³-hybridized carbons (Fsp3) is 0.143. The average molecular weight is 561 g/mol. The molecular weight excluding hydrogens is 537 g/mol. The first-order valence-electron chi connectivity index (χ1n) is 11.3. The van der Waals surface area contributed by atoms with Gasteiger partial charge in [-0.25, -0.2) is 8.42 Å². The number of halogens is 3. The highest BCUT2D eigenvalue weighted by atomic mass is 32.2. The summed E-state index contributed by atoms with van der Waals surface area (Å²) in [5, 5.41) is 0. The van der Waals surface area contributed by atoms with E-state index in [4.69, 9.17) is 0 Å². The van der Waals surface area contributed by atoms with E-state index in [1.807, 2.05) is 0 Å². The Morgan fingerprint density at radius 2 is 1.16 bits per heavy atom. The zero-order valence-electron chi connectivity index (χ0n) is 20.5. The molecule has 0 saturated heterocycles. The molecule has 1 N–H and O–H groups in total. The lowest BCUT2D eigenvalue weighted by atomic mass is 9.92. The van der Waals surface area contributed by atoms with Crippen LogP contribution in [0.15, 0.2) is 93.5 Å². The summed E-state index contributed by atoms with van der Waals surface area (Å²) in [6.07, 6.45) is -5.46. The lowest BCUT2D eigenvalue weighted by Crippen LogP contribution is -2.21. The number of rotatable bonds is 5. The first-order valence-corrected chi connectivity index (χ1v) is 14.3. The van der Waals surface area contributed by atoms with Crippen LogP contribution in [0.4, 0.5) is 13.2 Å². The van der Waals surface area contributed by atoms with Gasteiger partial charge in [-0.05, 0) is 54.7 Å². The molecule has 0 unspecified atom stereocenters. The van der Waals surface area contributed by atoms with Crippen molar-refractivity contribution in [3.63, 3.8) is 0 Å². The van der Waals surface area contributed by atoms with Crippen LogP contribution in [0, 0.1) is 20.8 Å². The maximum absolute atomic E-state index is 14.7. The topological polar surface area (TPSA) is 88.5 Å². The molecule has 0 bridgehead atoms. The molecule has 4 aromatic rings. The van der Waals surface area contributed by atoms with E-state index in [0.29, 0.717) is 11.6 Å². The summed E-state index contributed by atoms with van der Waals surface area (Å²) in [5.74, 6) is 0. The van der Waals surface area contributed by atoms with Crippen molar-refractivity contribution in [1.29, 1.82) is 0 Å². The van der Waals surface area contributed by atoms with Gasteiger partial charge in [0.2, 0.25) is 9.84 Å². The van der Waals surface area contributed by atoms with Crippen LogP contribution >= 0.6 is 0 Å². The lowest BCUT2D eigenvalue weighted by molar-refractivity contribution is -0.142. The molecule has 4 aromatic carbocycles. The Hall–Kier alpha value is -3.47. The summed E-state index contributed by atoms with van der Waals surface area (Å²) < 4.78 is 108. The van der Waals surface area contributed by atoms with E-state index in [1.54, 1.807) is 31.2 Å². The number of sulfone groups is 1. The van der Waals surface area contributed by atoms with Crippen molar-refractivity contribution in [2.24, 2.45) is 0 Å². The van der Waals surface area contributed by atoms with E-state index in [2.05, 4.69) is 0 Å². The molecule has 5 nitrogen and oxygen atoms in total. The molecule has 0 heterocycles. The molecule has 0 saturated carbocycles. The second-order valence-corrected chi connectivity index (χ2v) is 12.2. The van der Waals surface area contributed by atoms with Crippen molar-refractivity contribution in [1.82, 2.24) is 0 Å². The predicted octanol–water partition coefficient (Wildman–Crippen LogP) is 7.04.